The number of carbonyl (C=O) groups excluding carboxylic acids is 1. The second kappa shape index (κ2) is 19.5. The molecule has 0 saturated heterocycles. The van der Waals surface area contributed by atoms with E-state index in [1.54, 1.807) is 20.8 Å². The molecule has 0 fully saturated rings. The Morgan fingerprint density at radius 3 is 1.23 bits per heavy atom. The fourth-order valence-electron chi connectivity index (χ4n) is 5.11. The van der Waals surface area contributed by atoms with Crippen LogP contribution in [0.1, 0.15) is 118 Å². The van der Waals surface area contributed by atoms with Gasteiger partial charge in [-0.3, -0.25) is 9.59 Å². The van der Waals surface area contributed by atoms with Crippen molar-refractivity contribution in [2.24, 2.45) is 17.8 Å². The van der Waals surface area contributed by atoms with E-state index in [0.717, 1.165) is 19.3 Å². The van der Waals surface area contributed by atoms with Crippen molar-refractivity contribution in [2.75, 3.05) is 26.2 Å². The number of rotatable bonds is 24. The average Bonchev–Trinajstić information content (AvgIpc) is 2.78. The van der Waals surface area contributed by atoms with Gasteiger partial charge in [0, 0.05) is 11.9 Å². The summed E-state index contributed by atoms with van der Waals surface area (Å²) >= 11 is 0. The Morgan fingerprint density at radius 2 is 0.914 bits per heavy atom. The zero-order valence-corrected chi connectivity index (χ0v) is 22.9. The van der Waals surface area contributed by atoms with Crippen LogP contribution in [0.2, 0.25) is 0 Å². The van der Waals surface area contributed by atoms with Gasteiger partial charge in [0.1, 0.15) is 11.8 Å². The number of quaternary nitrogens is 1. The maximum atomic E-state index is 11.6. The number of carbonyl (C=O) groups is 3. The summed E-state index contributed by atoms with van der Waals surface area (Å²) in [6, 6.07) is 0. The van der Waals surface area contributed by atoms with Gasteiger partial charge in [-0.2, -0.15) is 0 Å². The number of hydrogen-bond acceptors (Lipinski definition) is 4. The molecule has 0 heterocycles. The van der Waals surface area contributed by atoms with Crippen molar-refractivity contribution in [1.82, 2.24) is 0 Å². The quantitative estimate of drug-likeness (QED) is 0.141. The first-order valence-corrected chi connectivity index (χ1v) is 14.1. The van der Waals surface area contributed by atoms with Crippen LogP contribution in [-0.2, 0) is 14.4 Å². The van der Waals surface area contributed by atoms with E-state index < -0.39 is 35.7 Å². The highest BCUT2D eigenvalue weighted by molar-refractivity contribution is 5.70. The number of nitrogens with zero attached hydrogens (tertiary/aromatic N) is 1. The predicted octanol–water partition coefficient (Wildman–Crippen LogP) is 5.11. The second-order valence-electron chi connectivity index (χ2n) is 10.9. The van der Waals surface area contributed by atoms with Crippen molar-refractivity contribution in [2.45, 2.75) is 118 Å². The lowest BCUT2D eigenvalue weighted by Gasteiger charge is -2.43. The standard InChI is InChI=1S/C28H53NO6/c1-5-6-7-8-9-10-11-12-13-14-15-16-17-18-19-29(20-23(2)26(30)31,21-24(3)27(32)33)22-25(4)28(34)35/h23-25H,5-22H2,1-4H3,(H2-,30,31,32,33,34,35). The molecule has 0 aliphatic rings. The first kappa shape index (κ1) is 33.4. The number of hydrogen-bond donors (Lipinski definition) is 2. The van der Waals surface area contributed by atoms with Gasteiger partial charge in [-0.05, 0) is 26.7 Å². The zero-order valence-electron chi connectivity index (χ0n) is 22.9. The Bertz CT molecular complexity index is 539. The smallest absolute Gasteiger partial charge is 0.311 e. The molecule has 0 bridgehead atoms. The van der Waals surface area contributed by atoms with Crippen molar-refractivity contribution in [3.05, 3.63) is 0 Å². The van der Waals surface area contributed by atoms with Gasteiger partial charge in [0.2, 0.25) is 0 Å². The molecule has 3 unspecified atom stereocenters. The summed E-state index contributed by atoms with van der Waals surface area (Å²) in [5, 5.41) is 30.4. The third-order valence-electron chi connectivity index (χ3n) is 7.21. The maximum Gasteiger partial charge on any atom is 0.311 e. The van der Waals surface area contributed by atoms with Gasteiger partial charge < -0.3 is 24.6 Å². The highest BCUT2D eigenvalue weighted by Crippen LogP contribution is 2.22. The van der Waals surface area contributed by atoms with Crippen molar-refractivity contribution >= 4 is 17.9 Å². The van der Waals surface area contributed by atoms with E-state index >= 15 is 0 Å². The summed E-state index contributed by atoms with van der Waals surface area (Å²) in [5.41, 5.74) is 0. The number of carboxylic acid groups (broad SMARTS) is 3. The molecule has 0 aliphatic heterocycles. The average molecular weight is 500 g/mol. The summed E-state index contributed by atoms with van der Waals surface area (Å²) in [5.74, 6) is -5.22. The molecular formula is C28H53NO6. The molecular weight excluding hydrogens is 446 g/mol. The van der Waals surface area contributed by atoms with E-state index in [9.17, 15) is 29.7 Å². The minimum Gasteiger partial charge on any atom is -0.550 e. The molecule has 3 atom stereocenters. The lowest BCUT2D eigenvalue weighted by atomic mass is 10.00. The summed E-state index contributed by atoms with van der Waals surface area (Å²) in [7, 11) is 0. The van der Waals surface area contributed by atoms with E-state index in [-0.39, 0.29) is 24.1 Å². The van der Waals surface area contributed by atoms with Crippen LogP contribution in [0.5, 0.6) is 0 Å². The summed E-state index contributed by atoms with van der Waals surface area (Å²) in [6.07, 6.45) is 17.3. The van der Waals surface area contributed by atoms with E-state index in [1.165, 1.54) is 70.6 Å². The number of carboxylic acids is 3. The van der Waals surface area contributed by atoms with Gasteiger partial charge in [-0.25, -0.2) is 0 Å². The maximum absolute atomic E-state index is 11.6. The largest absolute Gasteiger partial charge is 0.550 e. The fourth-order valence-corrected chi connectivity index (χ4v) is 5.11. The Labute approximate surface area is 213 Å². The zero-order chi connectivity index (χ0) is 26.7. The molecule has 206 valence electrons. The molecule has 0 radical (unpaired) electrons. The molecule has 0 saturated carbocycles. The first-order chi connectivity index (χ1) is 16.5. The molecule has 2 N–H and O–H groups in total. The molecule has 35 heavy (non-hydrogen) atoms. The Kier molecular flexibility index (Phi) is 18.6. The Balaban J connectivity index is 4.60. The minimum absolute atomic E-state index is 0.189. The topological polar surface area (TPSA) is 115 Å². The molecule has 0 rings (SSSR count). The van der Waals surface area contributed by atoms with Crippen LogP contribution in [0, 0.1) is 17.8 Å². The van der Waals surface area contributed by atoms with Crippen LogP contribution in [0.15, 0.2) is 0 Å². The third kappa shape index (κ3) is 16.6. The van der Waals surface area contributed by atoms with E-state index in [0.29, 0.717) is 6.54 Å². The number of unbranched alkanes of at least 4 members (excludes halogenated alkanes) is 13. The van der Waals surface area contributed by atoms with Gasteiger partial charge in [-0.1, -0.05) is 90.9 Å². The van der Waals surface area contributed by atoms with Gasteiger partial charge >= 0.3 is 11.9 Å². The van der Waals surface area contributed by atoms with Crippen molar-refractivity contribution < 1.29 is 34.2 Å². The normalized spacial score (nSPS) is 15.8. The SMILES string of the molecule is CCCCCCCCCCCCCCCC[N+](CC(C)C(=O)[O-])(CC(C)C(=O)O)CC(C)C(=O)O. The highest BCUT2D eigenvalue weighted by Gasteiger charge is 2.36. The third-order valence-corrected chi connectivity index (χ3v) is 7.21. The molecule has 0 aliphatic carbocycles. The molecule has 0 spiro atoms. The minimum atomic E-state index is -1.18. The summed E-state index contributed by atoms with van der Waals surface area (Å²) < 4.78 is 0.189. The van der Waals surface area contributed by atoms with Gasteiger partial charge in [0.05, 0.1) is 26.2 Å². The van der Waals surface area contributed by atoms with Crippen LogP contribution >= 0.6 is 0 Å². The Morgan fingerprint density at radius 1 is 0.600 bits per heavy atom. The van der Waals surface area contributed by atoms with Crippen LogP contribution in [-0.4, -0.2) is 58.8 Å². The summed E-state index contributed by atoms with van der Waals surface area (Å²) in [4.78, 5) is 34.6. The van der Waals surface area contributed by atoms with E-state index in [2.05, 4.69) is 6.92 Å². The van der Waals surface area contributed by atoms with E-state index in [1.807, 2.05) is 0 Å². The summed E-state index contributed by atoms with van der Waals surface area (Å²) in [6.45, 7) is 8.25. The van der Waals surface area contributed by atoms with Crippen molar-refractivity contribution in [3.63, 3.8) is 0 Å². The van der Waals surface area contributed by atoms with Crippen LogP contribution in [0.3, 0.4) is 0 Å². The lowest BCUT2D eigenvalue weighted by Crippen LogP contribution is -2.58. The van der Waals surface area contributed by atoms with Gasteiger partial charge in [0.25, 0.3) is 0 Å². The molecule has 0 amide bonds. The molecule has 7 heteroatoms. The van der Waals surface area contributed by atoms with Crippen molar-refractivity contribution in [3.8, 4) is 0 Å². The van der Waals surface area contributed by atoms with Crippen LogP contribution in [0.25, 0.3) is 0 Å². The Hall–Kier alpha value is -1.63. The molecule has 0 aromatic rings. The molecule has 7 nitrogen and oxygen atoms in total. The van der Waals surface area contributed by atoms with E-state index in [4.69, 9.17) is 0 Å². The monoisotopic (exact) mass is 499 g/mol. The van der Waals surface area contributed by atoms with Crippen molar-refractivity contribution in [1.29, 1.82) is 0 Å². The fraction of sp³-hybridized carbons (Fsp3) is 0.893. The number of aliphatic carboxylic acids is 3. The van der Waals surface area contributed by atoms with Crippen LogP contribution < -0.4 is 5.11 Å². The van der Waals surface area contributed by atoms with Gasteiger partial charge in [0.15, 0.2) is 0 Å². The molecule has 0 aromatic heterocycles. The predicted molar refractivity (Wildman–Crippen MR) is 138 cm³/mol. The second-order valence-corrected chi connectivity index (χ2v) is 10.9. The van der Waals surface area contributed by atoms with Crippen LogP contribution in [0.4, 0.5) is 0 Å². The first-order valence-electron chi connectivity index (χ1n) is 14.1. The highest BCUT2D eigenvalue weighted by atomic mass is 16.4. The lowest BCUT2D eigenvalue weighted by molar-refractivity contribution is -0.934. The van der Waals surface area contributed by atoms with Gasteiger partial charge in [-0.15, -0.1) is 0 Å². The molecule has 0 aromatic carbocycles.